The molecule has 1 amide bonds. The highest BCUT2D eigenvalue weighted by Gasteiger charge is 2.17. The smallest absolute Gasteiger partial charge is 0.274 e. The molecule has 8 nitrogen and oxygen atoms in total. The first-order valence-corrected chi connectivity index (χ1v) is 9.90. The molecule has 0 spiro atoms. The standard InChI is InChI=1S/C22H25N7O/c1-15-13-20(29(27-15)19-4-2-3-16(14-19)21(23)24)22(30)26-17-5-7-18(8-6-17)28-11-9-25-10-12-28/h2-8,13-14,25H,9-12H2,1H3,(H3,23,24)(H,26,30). The lowest BCUT2D eigenvalue weighted by atomic mass is 10.2. The molecule has 1 aromatic heterocycles. The van der Waals surface area contributed by atoms with Crippen LogP contribution in [0.1, 0.15) is 21.7 Å². The van der Waals surface area contributed by atoms with Gasteiger partial charge in [0, 0.05) is 43.1 Å². The number of nitrogens with two attached hydrogens (primary N) is 1. The fraction of sp³-hybridized carbons (Fsp3) is 0.227. The number of aryl methyl sites for hydroxylation is 1. The van der Waals surface area contributed by atoms with Gasteiger partial charge in [0.25, 0.3) is 5.91 Å². The van der Waals surface area contributed by atoms with Crippen LogP contribution in [-0.4, -0.2) is 47.7 Å². The molecule has 5 N–H and O–H groups in total. The Bertz CT molecular complexity index is 1070. The lowest BCUT2D eigenvalue weighted by molar-refractivity contribution is 0.101. The number of carbonyl (C=O) groups is 1. The summed E-state index contributed by atoms with van der Waals surface area (Å²) in [6, 6.07) is 16.7. The Labute approximate surface area is 175 Å². The van der Waals surface area contributed by atoms with Crippen molar-refractivity contribution in [2.45, 2.75) is 6.92 Å². The Morgan fingerprint density at radius 2 is 1.83 bits per heavy atom. The molecule has 30 heavy (non-hydrogen) atoms. The van der Waals surface area contributed by atoms with Crippen molar-refractivity contribution in [2.24, 2.45) is 5.73 Å². The molecular weight excluding hydrogens is 378 g/mol. The van der Waals surface area contributed by atoms with Crippen molar-refractivity contribution in [1.29, 1.82) is 5.41 Å². The number of nitrogen functional groups attached to an aromatic ring is 1. The predicted molar refractivity (Wildman–Crippen MR) is 119 cm³/mol. The average molecular weight is 403 g/mol. The lowest BCUT2D eigenvalue weighted by Gasteiger charge is -2.29. The molecule has 1 fully saturated rings. The average Bonchev–Trinajstić information content (AvgIpc) is 3.17. The topological polar surface area (TPSA) is 112 Å². The SMILES string of the molecule is Cc1cc(C(=O)Nc2ccc(N3CCNCC3)cc2)n(-c2cccc(C(=N)N)c2)n1. The zero-order valence-corrected chi connectivity index (χ0v) is 16.9. The maximum atomic E-state index is 13.0. The summed E-state index contributed by atoms with van der Waals surface area (Å²) in [7, 11) is 0. The first kappa shape index (κ1) is 19.7. The van der Waals surface area contributed by atoms with Crippen LogP contribution in [-0.2, 0) is 0 Å². The molecule has 0 bridgehead atoms. The molecule has 8 heteroatoms. The Hall–Kier alpha value is -3.65. The molecule has 0 radical (unpaired) electrons. The minimum Gasteiger partial charge on any atom is -0.384 e. The van der Waals surface area contributed by atoms with E-state index in [4.69, 9.17) is 11.1 Å². The van der Waals surface area contributed by atoms with E-state index in [1.165, 1.54) is 0 Å². The van der Waals surface area contributed by atoms with Crippen LogP contribution >= 0.6 is 0 Å². The van der Waals surface area contributed by atoms with Crippen LogP contribution in [0.2, 0.25) is 0 Å². The number of amides is 1. The molecule has 154 valence electrons. The zero-order chi connectivity index (χ0) is 21.1. The number of aromatic nitrogens is 2. The maximum absolute atomic E-state index is 13.0. The second kappa shape index (κ2) is 8.38. The van der Waals surface area contributed by atoms with Crippen LogP contribution in [0.4, 0.5) is 11.4 Å². The molecule has 0 atom stereocenters. The van der Waals surface area contributed by atoms with Gasteiger partial charge in [-0.25, -0.2) is 4.68 Å². The van der Waals surface area contributed by atoms with E-state index < -0.39 is 0 Å². The molecule has 1 saturated heterocycles. The lowest BCUT2D eigenvalue weighted by Crippen LogP contribution is -2.43. The van der Waals surface area contributed by atoms with Crippen LogP contribution in [0.3, 0.4) is 0 Å². The van der Waals surface area contributed by atoms with Gasteiger partial charge in [-0.05, 0) is 49.4 Å². The molecule has 4 rings (SSSR count). The summed E-state index contributed by atoms with van der Waals surface area (Å²) >= 11 is 0. The number of amidine groups is 1. The number of carbonyl (C=O) groups excluding carboxylic acids is 1. The van der Waals surface area contributed by atoms with E-state index in [1.54, 1.807) is 28.9 Å². The molecule has 3 aromatic rings. The van der Waals surface area contributed by atoms with E-state index >= 15 is 0 Å². The van der Waals surface area contributed by atoms with Crippen molar-refractivity contribution in [1.82, 2.24) is 15.1 Å². The minimum absolute atomic E-state index is 0.0312. The first-order valence-electron chi connectivity index (χ1n) is 9.90. The van der Waals surface area contributed by atoms with Gasteiger partial charge in [0.05, 0.1) is 11.4 Å². The predicted octanol–water partition coefficient (Wildman–Crippen LogP) is 2.13. The molecule has 2 aromatic carbocycles. The van der Waals surface area contributed by atoms with Crippen molar-refractivity contribution in [2.75, 3.05) is 36.4 Å². The summed E-state index contributed by atoms with van der Waals surface area (Å²) in [6.45, 7) is 5.75. The molecule has 2 heterocycles. The van der Waals surface area contributed by atoms with E-state index in [-0.39, 0.29) is 11.7 Å². The molecular formula is C22H25N7O. The van der Waals surface area contributed by atoms with Crippen LogP contribution in [0.25, 0.3) is 5.69 Å². The minimum atomic E-state index is -0.251. The van der Waals surface area contributed by atoms with Crippen LogP contribution in [0.15, 0.2) is 54.6 Å². The second-order valence-electron chi connectivity index (χ2n) is 7.28. The third-order valence-corrected chi connectivity index (χ3v) is 5.07. The fourth-order valence-corrected chi connectivity index (χ4v) is 3.54. The zero-order valence-electron chi connectivity index (χ0n) is 16.9. The molecule has 1 aliphatic heterocycles. The summed E-state index contributed by atoms with van der Waals surface area (Å²) in [4.78, 5) is 15.3. The normalized spacial score (nSPS) is 13.8. The van der Waals surface area contributed by atoms with E-state index in [0.717, 1.165) is 43.2 Å². The number of hydrogen-bond donors (Lipinski definition) is 4. The quantitative estimate of drug-likeness (QED) is 0.385. The number of hydrogen-bond acceptors (Lipinski definition) is 5. The fourth-order valence-electron chi connectivity index (χ4n) is 3.54. The maximum Gasteiger partial charge on any atom is 0.274 e. The van der Waals surface area contributed by atoms with Gasteiger partial charge in [-0.15, -0.1) is 0 Å². The first-order chi connectivity index (χ1) is 14.5. The highest BCUT2D eigenvalue weighted by molar-refractivity contribution is 6.03. The van der Waals surface area contributed by atoms with Gasteiger partial charge in [0.2, 0.25) is 0 Å². The van der Waals surface area contributed by atoms with Gasteiger partial charge in [-0.2, -0.15) is 5.10 Å². The van der Waals surface area contributed by atoms with Gasteiger partial charge in [0.15, 0.2) is 0 Å². The summed E-state index contributed by atoms with van der Waals surface area (Å²) in [5.74, 6) is -0.282. The Morgan fingerprint density at radius 3 is 2.53 bits per heavy atom. The van der Waals surface area contributed by atoms with E-state index in [1.807, 2.05) is 37.3 Å². The summed E-state index contributed by atoms with van der Waals surface area (Å²) in [5.41, 5.74) is 9.87. The number of anilines is 2. The summed E-state index contributed by atoms with van der Waals surface area (Å²) < 4.78 is 1.58. The largest absolute Gasteiger partial charge is 0.384 e. The number of benzene rings is 2. The Balaban J connectivity index is 1.54. The van der Waals surface area contributed by atoms with Crippen molar-refractivity contribution in [3.05, 3.63) is 71.5 Å². The van der Waals surface area contributed by atoms with Crippen LogP contribution < -0.4 is 21.3 Å². The van der Waals surface area contributed by atoms with Gasteiger partial charge >= 0.3 is 0 Å². The summed E-state index contributed by atoms with van der Waals surface area (Å²) in [5, 5.41) is 18.4. The highest BCUT2D eigenvalue weighted by atomic mass is 16.2. The van der Waals surface area contributed by atoms with Gasteiger partial charge < -0.3 is 21.3 Å². The molecule has 0 unspecified atom stereocenters. The van der Waals surface area contributed by atoms with Crippen LogP contribution in [0, 0.1) is 12.3 Å². The number of nitrogens with zero attached hydrogens (tertiary/aromatic N) is 3. The summed E-state index contributed by atoms with van der Waals surface area (Å²) in [6.07, 6.45) is 0. The van der Waals surface area contributed by atoms with Crippen molar-refractivity contribution < 1.29 is 4.79 Å². The number of piperazine rings is 1. The monoisotopic (exact) mass is 403 g/mol. The number of nitrogens with one attached hydrogen (secondary N) is 3. The van der Waals surface area contributed by atoms with Gasteiger partial charge in [-0.1, -0.05) is 12.1 Å². The van der Waals surface area contributed by atoms with Gasteiger partial charge in [-0.3, -0.25) is 10.2 Å². The van der Waals surface area contributed by atoms with Gasteiger partial charge in [0.1, 0.15) is 11.5 Å². The second-order valence-corrected chi connectivity index (χ2v) is 7.28. The Morgan fingerprint density at radius 1 is 1.10 bits per heavy atom. The molecule has 0 saturated carbocycles. The van der Waals surface area contributed by atoms with Crippen molar-refractivity contribution in [3.63, 3.8) is 0 Å². The number of rotatable bonds is 5. The van der Waals surface area contributed by atoms with E-state index in [0.29, 0.717) is 16.9 Å². The van der Waals surface area contributed by atoms with E-state index in [2.05, 4.69) is 20.6 Å². The third kappa shape index (κ3) is 4.18. The van der Waals surface area contributed by atoms with Crippen molar-refractivity contribution >= 4 is 23.1 Å². The van der Waals surface area contributed by atoms with E-state index in [9.17, 15) is 4.79 Å². The van der Waals surface area contributed by atoms with Crippen LogP contribution in [0.5, 0.6) is 0 Å². The highest BCUT2D eigenvalue weighted by Crippen LogP contribution is 2.20. The molecule has 1 aliphatic rings. The molecule has 0 aliphatic carbocycles. The third-order valence-electron chi connectivity index (χ3n) is 5.07. The Kier molecular flexibility index (Phi) is 5.49. The van der Waals surface area contributed by atoms with Crippen molar-refractivity contribution in [3.8, 4) is 5.69 Å².